The van der Waals surface area contributed by atoms with Crippen molar-refractivity contribution in [3.8, 4) is 0 Å². The molecule has 0 N–H and O–H groups in total. The average Bonchev–Trinajstić information content (AvgIpc) is 2.62. The van der Waals surface area contributed by atoms with Crippen molar-refractivity contribution in [1.29, 1.82) is 0 Å². The van der Waals surface area contributed by atoms with Gasteiger partial charge in [0, 0.05) is 6.42 Å². The smallest absolute Gasteiger partial charge is 0.324 e. The summed E-state index contributed by atoms with van der Waals surface area (Å²) in [6.07, 6.45) is 17.1. The Hall–Kier alpha value is -1.02. The Morgan fingerprint density at radius 2 is 1.17 bits per heavy atom. The predicted molar refractivity (Wildman–Crippen MR) is 102 cm³/mol. The normalized spacial score (nSPS) is 10.7. The Bertz CT molecular complexity index is 406. The van der Waals surface area contributed by atoms with Gasteiger partial charge in [0.05, 0.1) is 0 Å². The summed E-state index contributed by atoms with van der Waals surface area (Å²) >= 11 is 4.98. The van der Waals surface area contributed by atoms with Gasteiger partial charge in [-0.2, -0.15) is 0 Å². The van der Waals surface area contributed by atoms with Gasteiger partial charge in [0.15, 0.2) is 0 Å². The molecule has 0 atom stereocenters. The fraction of sp³-hybridized carbons (Fsp3) is 0.667. The summed E-state index contributed by atoms with van der Waals surface area (Å²) in [5, 5.41) is 0. The molecule has 2 nitrogen and oxygen atoms in total. The molecule has 0 spiro atoms. The van der Waals surface area contributed by atoms with E-state index >= 15 is 0 Å². The summed E-state index contributed by atoms with van der Waals surface area (Å²) < 4.78 is 4.11. The number of halogens is 1. The van der Waals surface area contributed by atoms with Crippen molar-refractivity contribution in [1.82, 2.24) is 0 Å². The van der Waals surface area contributed by atoms with E-state index in [4.69, 9.17) is 11.9 Å². The van der Waals surface area contributed by atoms with Crippen molar-refractivity contribution >= 4 is 17.8 Å². The lowest BCUT2D eigenvalue weighted by Gasteiger charge is -2.03. The van der Waals surface area contributed by atoms with Crippen LogP contribution in [-0.4, -0.2) is 5.97 Å². The summed E-state index contributed by atoms with van der Waals surface area (Å²) in [6.45, 7) is 0. The van der Waals surface area contributed by atoms with Gasteiger partial charge in [0.1, 0.15) is 11.9 Å². The van der Waals surface area contributed by atoms with E-state index in [9.17, 15) is 4.79 Å². The summed E-state index contributed by atoms with van der Waals surface area (Å²) in [4.78, 5) is 10.8. The molecule has 3 heteroatoms. The van der Waals surface area contributed by atoms with Crippen LogP contribution in [0.1, 0.15) is 89.0 Å². The van der Waals surface area contributed by atoms with Gasteiger partial charge < -0.3 is 4.29 Å². The number of aryl methyl sites for hydroxylation is 1. The van der Waals surface area contributed by atoms with Gasteiger partial charge in [-0.05, 0) is 24.8 Å². The maximum absolute atomic E-state index is 10.8. The molecule has 0 bridgehead atoms. The Balaban J connectivity index is 1.74. The minimum Gasteiger partial charge on any atom is -0.348 e. The molecular weight excluding hydrogens is 320 g/mol. The van der Waals surface area contributed by atoms with E-state index < -0.39 is 0 Å². The lowest BCUT2D eigenvalue weighted by molar-refractivity contribution is -0.134. The van der Waals surface area contributed by atoms with Crippen LogP contribution in [0.15, 0.2) is 30.3 Å². The largest absolute Gasteiger partial charge is 0.348 e. The monoisotopic (exact) mass is 352 g/mol. The number of carbonyl (C=O) groups is 1. The Labute approximate surface area is 153 Å². The third kappa shape index (κ3) is 12.4. The van der Waals surface area contributed by atoms with Crippen molar-refractivity contribution in [3.63, 3.8) is 0 Å². The van der Waals surface area contributed by atoms with E-state index in [0.29, 0.717) is 6.42 Å². The molecule has 1 aromatic rings. The number of benzene rings is 1. The van der Waals surface area contributed by atoms with Crippen LogP contribution in [0.5, 0.6) is 0 Å². The molecule has 0 aliphatic carbocycles. The standard InChI is InChI=1S/C21H33ClO2/c22-24-21(23)19-15-10-8-6-4-2-1-3-5-7-9-12-16-20-17-13-11-14-18-20/h11,13-14,17-18H,1-10,12,15-16,19H2. The number of rotatable bonds is 15. The third-order valence-electron chi connectivity index (χ3n) is 4.53. The van der Waals surface area contributed by atoms with Crippen LogP contribution in [0.2, 0.25) is 0 Å². The second-order valence-corrected chi connectivity index (χ2v) is 6.83. The van der Waals surface area contributed by atoms with Crippen LogP contribution in [0.25, 0.3) is 0 Å². The summed E-state index contributed by atoms with van der Waals surface area (Å²) in [7, 11) is 0. The Kier molecular flexibility index (Phi) is 13.6. The molecule has 0 amide bonds. The van der Waals surface area contributed by atoms with Crippen LogP contribution in [-0.2, 0) is 15.5 Å². The minimum absolute atomic E-state index is 0.305. The van der Waals surface area contributed by atoms with E-state index in [-0.39, 0.29) is 5.97 Å². The van der Waals surface area contributed by atoms with E-state index in [1.54, 1.807) is 0 Å². The quantitative estimate of drug-likeness (QED) is 0.318. The molecule has 1 rings (SSSR count). The fourth-order valence-corrected chi connectivity index (χ4v) is 3.13. The maximum atomic E-state index is 10.8. The summed E-state index contributed by atoms with van der Waals surface area (Å²) in [6, 6.07) is 10.8. The summed E-state index contributed by atoms with van der Waals surface area (Å²) in [5.74, 6) is -0.305. The van der Waals surface area contributed by atoms with Gasteiger partial charge >= 0.3 is 5.97 Å². The maximum Gasteiger partial charge on any atom is 0.324 e. The average molecular weight is 353 g/mol. The van der Waals surface area contributed by atoms with E-state index in [1.807, 2.05) is 0 Å². The lowest BCUT2D eigenvalue weighted by atomic mass is 10.0. The zero-order valence-corrected chi connectivity index (χ0v) is 15.7. The zero-order chi connectivity index (χ0) is 17.3. The molecule has 24 heavy (non-hydrogen) atoms. The lowest BCUT2D eigenvalue weighted by Crippen LogP contribution is -1.95. The van der Waals surface area contributed by atoms with Crippen molar-refractivity contribution < 1.29 is 9.08 Å². The van der Waals surface area contributed by atoms with Crippen molar-refractivity contribution in [2.45, 2.75) is 89.9 Å². The molecule has 0 heterocycles. The minimum atomic E-state index is -0.305. The second-order valence-electron chi connectivity index (χ2n) is 6.68. The van der Waals surface area contributed by atoms with Crippen LogP contribution in [0, 0.1) is 0 Å². The third-order valence-corrected chi connectivity index (χ3v) is 4.70. The van der Waals surface area contributed by atoms with Crippen molar-refractivity contribution in [2.24, 2.45) is 0 Å². The van der Waals surface area contributed by atoms with Crippen LogP contribution >= 0.6 is 11.9 Å². The van der Waals surface area contributed by atoms with Crippen LogP contribution in [0.4, 0.5) is 0 Å². The van der Waals surface area contributed by atoms with E-state index in [1.165, 1.54) is 76.2 Å². The molecule has 0 fully saturated rings. The first-order valence-electron chi connectivity index (χ1n) is 9.68. The van der Waals surface area contributed by atoms with Gasteiger partial charge in [-0.3, -0.25) is 4.79 Å². The molecule has 0 saturated heterocycles. The SMILES string of the molecule is O=C(CCCCCCCCCCCCCCc1ccccc1)OCl. The first-order valence-corrected chi connectivity index (χ1v) is 9.99. The van der Waals surface area contributed by atoms with Gasteiger partial charge in [-0.1, -0.05) is 94.5 Å². The molecule has 0 radical (unpaired) electrons. The highest BCUT2D eigenvalue weighted by atomic mass is 35.5. The van der Waals surface area contributed by atoms with Gasteiger partial charge in [-0.15, -0.1) is 0 Å². The summed E-state index contributed by atoms with van der Waals surface area (Å²) in [5.41, 5.74) is 1.47. The molecule has 0 saturated carbocycles. The molecule has 0 aliphatic heterocycles. The van der Waals surface area contributed by atoms with Gasteiger partial charge in [0.2, 0.25) is 0 Å². The predicted octanol–water partition coefficient (Wildman–Crippen LogP) is 7.00. The molecule has 0 aliphatic rings. The van der Waals surface area contributed by atoms with Crippen molar-refractivity contribution in [2.75, 3.05) is 0 Å². The molecule has 1 aromatic carbocycles. The number of hydrogen-bond donors (Lipinski definition) is 0. The second kappa shape index (κ2) is 15.5. The molecule has 0 aromatic heterocycles. The van der Waals surface area contributed by atoms with E-state index in [0.717, 1.165) is 12.8 Å². The highest BCUT2D eigenvalue weighted by Gasteiger charge is 2.00. The fourth-order valence-electron chi connectivity index (χ4n) is 3.05. The van der Waals surface area contributed by atoms with Crippen LogP contribution < -0.4 is 0 Å². The highest BCUT2D eigenvalue weighted by molar-refractivity contribution is 6.13. The van der Waals surface area contributed by atoms with Gasteiger partial charge in [0.25, 0.3) is 0 Å². The first-order chi connectivity index (χ1) is 11.8. The molecule has 136 valence electrons. The topological polar surface area (TPSA) is 26.3 Å². The van der Waals surface area contributed by atoms with Crippen molar-refractivity contribution in [3.05, 3.63) is 35.9 Å². The van der Waals surface area contributed by atoms with Gasteiger partial charge in [-0.25, -0.2) is 0 Å². The highest BCUT2D eigenvalue weighted by Crippen LogP contribution is 2.13. The number of hydrogen-bond acceptors (Lipinski definition) is 2. The Morgan fingerprint density at radius 1 is 0.708 bits per heavy atom. The molecular formula is C21H33ClO2. The Morgan fingerprint density at radius 3 is 1.67 bits per heavy atom. The van der Waals surface area contributed by atoms with E-state index in [2.05, 4.69) is 34.6 Å². The first kappa shape index (κ1) is 21.0. The van der Waals surface area contributed by atoms with Crippen LogP contribution in [0.3, 0.4) is 0 Å². The number of carbonyl (C=O) groups excluding carboxylic acids is 1. The number of unbranched alkanes of at least 4 members (excludes halogenated alkanes) is 11. The molecule has 0 unspecified atom stereocenters. The zero-order valence-electron chi connectivity index (χ0n) is 15.0.